The van der Waals surface area contributed by atoms with Crippen LogP contribution in [0.1, 0.15) is 10.4 Å². The quantitative estimate of drug-likeness (QED) is 0.625. The second-order valence-electron chi connectivity index (χ2n) is 6.48. The molecule has 0 bridgehead atoms. The lowest BCUT2D eigenvalue weighted by Gasteiger charge is -2.31. The van der Waals surface area contributed by atoms with Crippen LogP contribution in [0.4, 0.5) is 11.4 Å². The van der Waals surface area contributed by atoms with Gasteiger partial charge >= 0.3 is 0 Å². The zero-order valence-electron chi connectivity index (χ0n) is 15.7. The predicted octanol–water partition coefficient (Wildman–Crippen LogP) is 4.98. The topological polar surface area (TPSA) is 54.5 Å². The smallest absolute Gasteiger partial charge is 0.255 e. The standard InChI is InChI=1S/C22H20ClN3O2S/c23-18-4-3-5-19(21(18)26-12-14-28-15-13-26)25-22(27)16-7-9-17(10-8-16)29-20-6-1-2-11-24-20/h1-11H,12-15H2,(H,25,27). The molecule has 1 aromatic heterocycles. The first kappa shape index (κ1) is 19.8. The van der Waals surface area contributed by atoms with Gasteiger partial charge in [-0.3, -0.25) is 4.79 Å². The number of anilines is 2. The fourth-order valence-electron chi connectivity index (χ4n) is 3.12. The summed E-state index contributed by atoms with van der Waals surface area (Å²) >= 11 is 8.00. The van der Waals surface area contributed by atoms with Crippen molar-refractivity contribution in [3.05, 3.63) is 77.4 Å². The molecule has 2 aromatic carbocycles. The van der Waals surface area contributed by atoms with E-state index in [1.165, 1.54) is 0 Å². The van der Waals surface area contributed by atoms with Gasteiger partial charge in [0.15, 0.2) is 0 Å². The maximum Gasteiger partial charge on any atom is 0.255 e. The summed E-state index contributed by atoms with van der Waals surface area (Å²) in [5, 5.41) is 4.54. The number of pyridine rings is 1. The third-order valence-electron chi connectivity index (χ3n) is 4.54. The predicted molar refractivity (Wildman–Crippen MR) is 117 cm³/mol. The molecule has 3 aromatic rings. The summed E-state index contributed by atoms with van der Waals surface area (Å²) in [6.07, 6.45) is 1.77. The molecule has 0 unspecified atom stereocenters. The molecule has 0 aliphatic carbocycles. The molecule has 5 nitrogen and oxygen atoms in total. The molecule has 1 saturated heterocycles. The lowest BCUT2D eigenvalue weighted by atomic mass is 10.2. The Labute approximate surface area is 179 Å². The number of hydrogen-bond acceptors (Lipinski definition) is 5. The molecule has 1 aliphatic rings. The van der Waals surface area contributed by atoms with Crippen LogP contribution in [0.3, 0.4) is 0 Å². The zero-order valence-corrected chi connectivity index (χ0v) is 17.2. The van der Waals surface area contributed by atoms with Crippen molar-refractivity contribution in [1.29, 1.82) is 0 Å². The van der Waals surface area contributed by atoms with E-state index in [4.69, 9.17) is 16.3 Å². The zero-order chi connectivity index (χ0) is 20.1. The fraction of sp³-hybridized carbons (Fsp3) is 0.182. The van der Waals surface area contributed by atoms with E-state index in [1.807, 2.05) is 60.7 Å². The number of para-hydroxylation sites is 1. The Kier molecular flexibility index (Phi) is 6.34. The summed E-state index contributed by atoms with van der Waals surface area (Å²) in [5.41, 5.74) is 2.13. The SMILES string of the molecule is O=C(Nc1cccc(Cl)c1N1CCOCC1)c1ccc(Sc2ccccn2)cc1. The number of nitrogens with one attached hydrogen (secondary N) is 1. The second-order valence-corrected chi connectivity index (χ2v) is 7.98. The maximum absolute atomic E-state index is 12.8. The molecule has 0 atom stereocenters. The van der Waals surface area contributed by atoms with Crippen molar-refractivity contribution in [2.45, 2.75) is 9.92 Å². The van der Waals surface area contributed by atoms with Crippen LogP contribution in [0, 0.1) is 0 Å². The number of carbonyl (C=O) groups is 1. The Morgan fingerprint density at radius 2 is 1.83 bits per heavy atom. The van der Waals surface area contributed by atoms with Gasteiger partial charge in [-0.15, -0.1) is 0 Å². The highest BCUT2D eigenvalue weighted by Crippen LogP contribution is 2.35. The van der Waals surface area contributed by atoms with E-state index < -0.39 is 0 Å². The number of carbonyl (C=O) groups excluding carboxylic acids is 1. The number of rotatable bonds is 5. The Balaban J connectivity index is 1.49. The first-order valence-corrected chi connectivity index (χ1v) is 10.5. The molecule has 4 rings (SSSR count). The van der Waals surface area contributed by atoms with Crippen LogP contribution in [-0.4, -0.2) is 37.2 Å². The highest BCUT2D eigenvalue weighted by molar-refractivity contribution is 7.99. The molecule has 1 N–H and O–H groups in total. The lowest BCUT2D eigenvalue weighted by molar-refractivity contribution is 0.102. The molecular weight excluding hydrogens is 406 g/mol. The Morgan fingerprint density at radius 1 is 1.03 bits per heavy atom. The van der Waals surface area contributed by atoms with Crippen LogP contribution in [0.25, 0.3) is 0 Å². The number of ether oxygens (including phenoxy) is 1. The van der Waals surface area contributed by atoms with Gasteiger partial charge < -0.3 is 15.0 Å². The third kappa shape index (κ3) is 4.90. The van der Waals surface area contributed by atoms with Crippen LogP contribution < -0.4 is 10.2 Å². The number of benzene rings is 2. The minimum atomic E-state index is -0.170. The van der Waals surface area contributed by atoms with Crippen LogP contribution in [0.5, 0.6) is 0 Å². The van der Waals surface area contributed by atoms with Crippen molar-refractivity contribution < 1.29 is 9.53 Å². The van der Waals surface area contributed by atoms with Gasteiger partial charge in [0, 0.05) is 29.7 Å². The molecule has 148 valence electrons. The monoisotopic (exact) mass is 425 g/mol. The van der Waals surface area contributed by atoms with Gasteiger partial charge in [-0.05, 0) is 48.5 Å². The van der Waals surface area contributed by atoms with Crippen molar-refractivity contribution in [2.75, 3.05) is 36.5 Å². The van der Waals surface area contributed by atoms with Crippen LogP contribution in [0.15, 0.2) is 76.8 Å². The molecule has 0 saturated carbocycles. The normalized spacial score (nSPS) is 13.9. The average molecular weight is 426 g/mol. The van der Waals surface area contributed by atoms with Gasteiger partial charge in [-0.25, -0.2) is 4.98 Å². The fourth-order valence-corrected chi connectivity index (χ4v) is 4.19. The van der Waals surface area contributed by atoms with Gasteiger partial charge in [0.25, 0.3) is 5.91 Å². The van der Waals surface area contributed by atoms with E-state index in [-0.39, 0.29) is 5.91 Å². The first-order valence-electron chi connectivity index (χ1n) is 9.32. The third-order valence-corrected chi connectivity index (χ3v) is 5.80. The van der Waals surface area contributed by atoms with Crippen LogP contribution in [0.2, 0.25) is 5.02 Å². The summed E-state index contributed by atoms with van der Waals surface area (Å²) in [6, 6.07) is 18.8. The van der Waals surface area contributed by atoms with Crippen molar-refractivity contribution in [1.82, 2.24) is 4.98 Å². The second kappa shape index (κ2) is 9.31. The van der Waals surface area contributed by atoms with Crippen molar-refractivity contribution in [3.63, 3.8) is 0 Å². The number of halogens is 1. The van der Waals surface area contributed by atoms with Crippen LogP contribution in [-0.2, 0) is 4.74 Å². The van der Waals surface area contributed by atoms with Gasteiger partial charge in [0.1, 0.15) is 5.03 Å². The number of aromatic nitrogens is 1. The molecule has 7 heteroatoms. The maximum atomic E-state index is 12.8. The van der Waals surface area contributed by atoms with Crippen molar-refractivity contribution in [3.8, 4) is 0 Å². The van der Waals surface area contributed by atoms with E-state index in [2.05, 4.69) is 15.2 Å². The van der Waals surface area contributed by atoms with E-state index >= 15 is 0 Å². The molecule has 0 spiro atoms. The van der Waals surface area contributed by atoms with E-state index in [0.29, 0.717) is 29.5 Å². The van der Waals surface area contributed by atoms with E-state index in [0.717, 1.165) is 28.7 Å². The number of amides is 1. The summed E-state index contributed by atoms with van der Waals surface area (Å²) < 4.78 is 5.43. The van der Waals surface area contributed by atoms with Crippen molar-refractivity contribution in [2.24, 2.45) is 0 Å². The van der Waals surface area contributed by atoms with Gasteiger partial charge in [-0.1, -0.05) is 35.5 Å². The van der Waals surface area contributed by atoms with Crippen molar-refractivity contribution >= 4 is 40.6 Å². The van der Waals surface area contributed by atoms with Gasteiger partial charge in [0.05, 0.1) is 29.6 Å². The molecule has 1 aliphatic heterocycles. The number of nitrogens with zero attached hydrogens (tertiary/aromatic N) is 2. The number of morpholine rings is 1. The molecule has 0 radical (unpaired) electrons. The highest BCUT2D eigenvalue weighted by atomic mass is 35.5. The molecule has 2 heterocycles. The first-order chi connectivity index (χ1) is 14.2. The largest absolute Gasteiger partial charge is 0.378 e. The molecule has 29 heavy (non-hydrogen) atoms. The average Bonchev–Trinajstić information content (AvgIpc) is 2.76. The Hall–Kier alpha value is -2.54. The minimum absolute atomic E-state index is 0.170. The lowest BCUT2D eigenvalue weighted by Crippen LogP contribution is -2.37. The Bertz CT molecular complexity index is 977. The van der Waals surface area contributed by atoms with E-state index in [1.54, 1.807) is 18.0 Å². The summed E-state index contributed by atoms with van der Waals surface area (Å²) in [6.45, 7) is 2.78. The minimum Gasteiger partial charge on any atom is -0.378 e. The Morgan fingerprint density at radius 3 is 2.55 bits per heavy atom. The highest BCUT2D eigenvalue weighted by Gasteiger charge is 2.19. The molecule has 1 fully saturated rings. The van der Waals surface area contributed by atoms with Gasteiger partial charge in [-0.2, -0.15) is 0 Å². The number of hydrogen-bond donors (Lipinski definition) is 1. The molecule has 1 amide bonds. The molecular formula is C22H20ClN3O2S. The summed E-state index contributed by atoms with van der Waals surface area (Å²) in [4.78, 5) is 20.3. The summed E-state index contributed by atoms with van der Waals surface area (Å²) in [7, 11) is 0. The van der Waals surface area contributed by atoms with Gasteiger partial charge in [0.2, 0.25) is 0 Å². The van der Waals surface area contributed by atoms with E-state index in [9.17, 15) is 4.79 Å². The van der Waals surface area contributed by atoms with Crippen LogP contribution >= 0.6 is 23.4 Å². The summed E-state index contributed by atoms with van der Waals surface area (Å²) in [5.74, 6) is -0.170.